The number of aryl methyl sites for hydroxylation is 2. The van der Waals surface area contributed by atoms with E-state index in [1.165, 1.54) is 11.6 Å². The van der Waals surface area contributed by atoms with Gasteiger partial charge in [0.1, 0.15) is 5.82 Å². The van der Waals surface area contributed by atoms with E-state index in [4.69, 9.17) is 0 Å². The first kappa shape index (κ1) is 13.6. The van der Waals surface area contributed by atoms with Crippen molar-refractivity contribution in [3.63, 3.8) is 0 Å². The summed E-state index contributed by atoms with van der Waals surface area (Å²) in [5, 5.41) is 0.381. The summed E-state index contributed by atoms with van der Waals surface area (Å²) in [6, 6.07) is 10.7. The zero-order valence-corrected chi connectivity index (χ0v) is 12.0. The van der Waals surface area contributed by atoms with Gasteiger partial charge < -0.3 is 4.98 Å². The molecule has 0 aliphatic heterocycles. The molecule has 0 amide bonds. The molecule has 0 saturated heterocycles. The highest BCUT2D eigenvalue weighted by molar-refractivity contribution is 6.08. The van der Waals surface area contributed by atoms with Gasteiger partial charge in [-0.3, -0.25) is 4.79 Å². The molecule has 0 atom stereocenters. The summed E-state index contributed by atoms with van der Waals surface area (Å²) in [4.78, 5) is 15.4. The zero-order valence-electron chi connectivity index (χ0n) is 12.0. The van der Waals surface area contributed by atoms with E-state index in [0.29, 0.717) is 16.5 Å². The number of carbonyl (C=O) groups is 1. The number of halogens is 1. The van der Waals surface area contributed by atoms with Crippen LogP contribution >= 0.6 is 0 Å². The number of aromatic amines is 1. The second-order valence-corrected chi connectivity index (χ2v) is 5.38. The van der Waals surface area contributed by atoms with Crippen LogP contribution in [-0.4, -0.2) is 10.8 Å². The topological polar surface area (TPSA) is 32.9 Å². The fraction of sp³-hybridized carbons (Fsp3) is 0.167. The van der Waals surface area contributed by atoms with Crippen molar-refractivity contribution >= 4 is 16.7 Å². The van der Waals surface area contributed by atoms with Gasteiger partial charge in [-0.15, -0.1) is 0 Å². The number of H-pyrrole nitrogens is 1. The van der Waals surface area contributed by atoms with Crippen LogP contribution in [0.1, 0.15) is 27.0 Å². The van der Waals surface area contributed by atoms with Crippen LogP contribution in [0.3, 0.4) is 0 Å². The minimum absolute atomic E-state index is 0.0744. The number of fused-ring (bicyclic) bond motifs is 1. The fourth-order valence-corrected chi connectivity index (χ4v) is 2.55. The molecule has 0 unspecified atom stereocenters. The lowest BCUT2D eigenvalue weighted by atomic mass is 9.99. The number of nitrogens with one attached hydrogen (secondary N) is 1. The minimum atomic E-state index is -0.364. The van der Waals surface area contributed by atoms with E-state index in [9.17, 15) is 9.18 Å². The summed E-state index contributed by atoms with van der Waals surface area (Å²) in [5.41, 5.74) is 4.38. The molecule has 0 aliphatic rings. The van der Waals surface area contributed by atoms with Gasteiger partial charge in [-0.05, 0) is 42.7 Å². The number of hydrogen-bond donors (Lipinski definition) is 1. The Morgan fingerprint density at radius 3 is 2.71 bits per heavy atom. The molecule has 0 bridgehead atoms. The average Bonchev–Trinajstić information content (AvgIpc) is 2.88. The fourth-order valence-electron chi connectivity index (χ4n) is 2.55. The van der Waals surface area contributed by atoms with E-state index in [1.54, 1.807) is 18.3 Å². The highest BCUT2D eigenvalue weighted by Gasteiger charge is 2.15. The van der Waals surface area contributed by atoms with Crippen molar-refractivity contribution in [1.29, 1.82) is 0 Å². The molecule has 1 N–H and O–H groups in total. The quantitative estimate of drug-likeness (QED) is 0.711. The maximum Gasteiger partial charge on any atom is 0.169 e. The monoisotopic (exact) mass is 281 g/mol. The molecule has 21 heavy (non-hydrogen) atoms. The van der Waals surface area contributed by atoms with Crippen molar-refractivity contribution in [3.05, 3.63) is 70.7 Å². The van der Waals surface area contributed by atoms with E-state index in [2.05, 4.69) is 4.98 Å². The van der Waals surface area contributed by atoms with Gasteiger partial charge in [-0.1, -0.05) is 24.3 Å². The van der Waals surface area contributed by atoms with Crippen LogP contribution in [0, 0.1) is 19.7 Å². The molecular weight excluding hydrogens is 265 g/mol. The van der Waals surface area contributed by atoms with Crippen molar-refractivity contribution in [2.45, 2.75) is 20.3 Å². The first-order valence-electron chi connectivity index (χ1n) is 6.91. The van der Waals surface area contributed by atoms with E-state index >= 15 is 0 Å². The van der Waals surface area contributed by atoms with Gasteiger partial charge in [-0.2, -0.15) is 0 Å². The predicted octanol–water partition coefficient (Wildman–Crippen LogP) is 4.35. The van der Waals surface area contributed by atoms with Gasteiger partial charge in [0.2, 0.25) is 0 Å². The zero-order chi connectivity index (χ0) is 15.0. The SMILES string of the molecule is Cc1ccc(CC(=O)c2c[nH]c3cccc(F)c23)cc1C. The minimum Gasteiger partial charge on any atom is -0.360 e. The Kier molecular flexibility index (Phi) is 3.34. The maximum atomic E-state index is 13.9. The van der Waals surface area contributed by atoms with E-state index in [-0.39, 0.29) is 18.0 Å². The highest BCUT2D eigenvalue weighted by Crippen LogP contribution is 2.23. The molecule has 2 nitrogen and oxygen atoms in total. The smallest absolute Gasteiger partial charge is 0.169 e. The lowest BCUT2D eigenvalue weighted by Crippen LogP contribution is -2.03. The number of benzene rings is 2. The standard InChI is InChI=1S/C18H16FNO/c1-11-6-7-13(8-12(11)2)9-17(21)14-10-20-16-5-3-4-15(19)18(14)16/h3-8,10,20H,9H2,1-2H3. The van der Waals surface area contributed by atoms with Gasteiger partial charge in [0.25, 0.3) is 0 Å². The van der Waals surface area contributed by atoms with E-state index in [0.717, 1.165) is 11.1 Å². The van der Waals surface area contributed by atoms with Crippen LogP contribution < -0.4 is 0 Å². The number of ketones is 1. The van der Waals surface area contributed by atoms with Crippen LogP contribution in [0.4, 0.5) is 4.39 Å². The number of rotatable bonds is 3. The molecular formula is C18H16FNO. The van der Waals surface area contributed by atoms with Gasteiger partial charge >= 0.3 is 0 Å². The van der Waals surface area contributed by atoms with Crippen LogP contribution in [0.2, 0.25) is 0 Å². The Bertz CT molecular complexity index is 832. The Hall–Kier alpha value is -2.42. The maximum absolute atomic E-state index is 13.9. The molecule has 3 aromatic rings. The van der Waals surface area contributed by atoms with Crippen molar-refractivity contribution < 1.29 is 9.18 Å². The van der Waals surface area contributed by atoms with Crippen LogP contribution in [0.15, 0.2) is 42.6 Å². The number of carbonyl (C=O) groups excluding carboxylic acids is 1. The third-order valence-corrected chi connectivity index (χ3v) is 3.89. The molecule has 106 valence electrons. The second kappa shape index (κ2) is 5.17. The molecule has 0 saturated carbocycles. The molecule has 0 radical (unpaired) electrons. The van der Waals surface area contributed by atoms with Crippen molar-refractivity contribution in [1.82, 2.24) is 4.98 Å². The number of hydrogen-bond acceptors (Lipinski definition) is 1. The molecule has 2 aromatic carbocycles. The molecule has 0 fully saturated rings. The van der Waals surface area contributed by atoms with Gasteiger partial charge in [0.05, 0.1) is 0 Å². The predicted molar refractivity (Wildman–Crippen MR) is 82.2 cm³/mol. The molecule has 3 heteroatoms. The summed E-state index contributed by atoms with van der Waals surface area (Å²) in [7, 11) is 0. The van der Waals surface area contributed by atoms with Crippen LogP contribution in [-0.2, 0) is 6.42 Å². The van der Waals surface area contributed by atoms with Gasteiger partial charge in [0.15, 0.2) is 5.78 Å². The molecule has 0 spiro atoms. The third-order valence-electron chi connectivity index (χ3n) is 3.89. The van der Waals surface area contributed by atoms with Gasteiger partial charge in [-0.25, -0.2) is 4.39 Å². The summed E-state index contributed by atoms with van der Waals surface area (Å²) in [5.74, 6) is -0.438. The van der Waals surface area contributed by atoms with Crippen molar-refractivity contribution in [2.24, 2.45) is 0 Å². The average molecular weight is 281 g/mol. The third kappa shape index (κ3) is 2.47. The molecule has 1 heterocycles. The van der Waals surface area contributed by atoms with Crippen molar-refractivity contribution in [2.75, 3.05) is 0 Å². The van der Waals surface area contributed by atoms with Crippen LogP contribution in [0.5, 0.6) is 0 Å². The summed E-state index contributed by atoms with van der Waals surface area (Å²) in [6.07, 6.45) is 1.87. The lowest BCUT2D eigenvalue weighted by Gasteiger charge is -2.05. The Morgan fingerprint density at radius 2 is 1.95 bits per heavy atom. The number of Topliss-reactive ketones (excluding diaryl/α,β-unsaturated/α-hetero) is 1. The molecule has 0 aliphatic carbocycles. The normalized spacial score (nSPS) is 11.0. The molecule has 1 aromatic heterocycles. The van der Waals surface area contributed by atoms with E-state index < -0.39 is 0 Å². The highest BCUT2D eigenvalue weighted by atomic mass is 19.1. The Labute approximate surface area is 122 Å². The van der Waals surface area contributed by atoms with Crippen molar-refractivity contribution in [3.8, 4) is 0 Å². The van der Waals surface area contributed by atoms with Crippen LogP contribution in [0.25, 0.3) is 10.9 Å². The summed E-state index contributed by atoms with van der Waals surface area (Å²) < 4.78 is 13.9. The Morgan fingerprint density at radius 1 is 1.14 bits per heavy atom. The largest absolute Gasteiger partial charge is 0.360 e. The second-order valence-electron chi connectivity index (χ2n) is 5.38. The van der Waals surface area contributed by atoms with E-state index in [1.807, 2.05) is 32.0 Å². The first-order chi connectivity index (χ1) is 10.1. The summed E-state index contributed by atoms with van der Waals surface area (Å²) >= 11 is 0. The summed E-state index contributed by atoms with van der Waals surface area (Å²) in [6.45, 7) is 4.06. The number of aromatic nitrogens is 1. The molecule has 3 rings (SSSR count). The first-order valence-corrected chi connectivity index (χ1v) is 6.91. The van der Waals surface area contributed by atoms with Gasteiger partial charge in [0, 0.05) is 29.1 Å². The Balaban J connectivity index is 1.95. The lowest BCUT2D eigenvalue weighted by molar-refractivity contribution is 0.0994.